The number of piperidine rings is 2. The number of rotatable bonds is 3. The third kappa shape index (κ3) is 4.79. The van der Waals surface area contributed by atoms with E-state index in [0.29, 0.717) is 23.6 Å². The Labute approximate surface area is 232 Å². The fourth-order valence-electron chi connectivity index (χ4n) is 6.58. The molecule has 1 unspecified atom stereocenters. The zero-order valence-electron chi connectivity index (χ0n) is 19.2. The second-order valence-electron chi connectivity index (χ2n) is 9.72. The summed E-state index contributed by atoms with van der Waals surface area (Å²) in [6, 6.07) is 9.03. The van der Waals surface area contributed by atoms with E-state index in [2.05, 4.69) is 9.88 Å². The number of carboxylic acid groups (broad SMARTS) is 1. The van der Waals surface area contributed by atoms with Gasteiger partial charge in [0.25, 0.3) is 5.56 Å². The van der Waals surface area contributed by atoms with Gasteiger partial charge < -0.3 is 14.5 Å². The second-order valence-corrected chi connectivity index (χ2v) is 9.72. The Hall–Kier alpha value is -0.574. The summed E-state index contributed by atoms with van der Waals surface area (Å²) in [6.45, 7) is 0. The molecule has 1 saturated carbocycles. The van der Waals surface area contributed by atoms with Crippen molar-refractivity contribution in [1.29, 1.82) is 0 Å². The number of carbonyl (C=O) groups excluding carboxylic acids is 1. The van der Waals surface area contributed by atoms with Crippen LogP contribution in [0.25, 0.3) is 11.0 Å². The van der Waals surface area contributed by atoms with Crippen LogP contribution in [0.5, 0.6) is 0 Å². The van der Waals surface area contributed by atoms with Gasteiger partial charge in [0, 0.05) is 24.2 Å². The quantitative estimate of drug-likeness (QED) is 0.620. The van der Waals surface area contributed by atoms with Crippen molar-refractivity contribution in [1.82, 2.24) is 14.5 Å². The average Bonchev–Trinajstić information content (AvgIpc) is 2.72. The fourth-order valence-corrected chi connectivity index (χ4v) is 6.58. The smallest absolute Gasteiger partial charge is 0.543 e. The predicted molar refractivity (Wildman–Crippen MR) is 118 cm³/mol. The number of carboxylic acids is 1. The van der Waals surface area contributed by atoms with Gasteiger partial charge in [0.15, 0.2) is 5.69 Å². The number of para-hydroxylation sites is 2. The molecule has 5 rings (SSSR count). The van der Waals surface area contributed by atoms with Gasteiger partial charge in [-0.15, -0.1) is 0 Å². The molecule has 32 heavy (non-hydrogen) atoms. The first-order valence-electron chi connectivity index (χ1n) is 12.1. The number of fused-ring (bicyclic) bond motifs is 3. The number of hydrogen-bond donors (Lipinski definition) is 0. The summed E-state index contributed by atoms with van der Waals surface area (Å²) in [5, 5.41) is 11.6. The first-order chi connectivity index (χ1) is 15.1. The summed E-state index contributed by atoms with van der Waals surface area (Å²) in [6.07, 6.45) is 14.8. The number of carbonyl (C=O) groups is 1. The van der Waals surface area contributed by atoms with Crippen molar-refractivity contribution in [3.05, 3.63) is 40.3 Å². The van der Waals surface area contributed by atoms with Crippen molar-refractivity contribution in [2.45, 2.75) is 101 Å². The Morgan fingerprint density at radius 1 is 0.844 bits per heavy atom. The monoisotopic (exact) mass is 461 g/mol. The van der Waals surface area contributed by atoms with E-state index in [4.69, 9.17) is 0 Å². The number of nitrogens with zero attached hydrogens (tertiary/aromatic N) is 3. The van der Waals surface area contributed by atoms with Crippen LogP contribution in [-0.2, 0) is 0 Å². The topological polar surface area (TPSA) is 78.3 Å². The van der Waals surface area contributed by atoms with Gasteiger partial charge in [-0.3, -0.25) is 9.69 Å². The van der Waals surface area contributed by atoms with E-state index in [9.17, 15) is 14.7 Å². The molecule has 166 valence electrons. The van der Waals surface area contributed by atoms with Gasteiger partial charge in [0.2, 0.25) is 0 Å². The van der Waals surface area contributed by atoms with E-state index in [-0.39, 0.29) is 57.4 Å². The number of benzene rings is 1. The Morgan fingerprint density at radius 2 is 1.44 bits per heavy atom. The van der Waals surface area contributed by atoms with E-state index in [1.54, 1.807) is 10.6 Å². The Balaban J connectivity index is 0.00000245. The molecule has 6 nitrogen and oxygen atoms in total. The molecule has 7 heteroatoms. The van der Waals surface area contributed by atoms with Crippen LogP contribution in [0.1, 0.15) is 93.6 Å². The van der Waals surface area contributed by atoms with Crippen LogP contribution in [0.3, 0.4) is 0 Å². The van der Waals surface area contributed by atoms with Crippen LogP contribution in [0.15, 0.2) is 29.1 Å². The fraction of sp³-hybridized carbons (Fsp3) is 0.640. The van der Waals surface area contributed by atoms with E-state index in [0.717, 1.165) is 18.4 Å². The second kappa shape index (κ2) is 10.8. The van der Waals surface area contributed by atoms with Crippen LogP contribution in [-0.4, -0.2) is 38.5 Å². The molecule has 3 heterocycles. The van der Waals surface area contributed by atoms with Gasteiger partial charge in [-0.2, -0.15) is 0 Å². The van der Waals surface area contributed by atoms with Gasteiger partial charge in [-0.25, -0.2) is 4.98 Å². The third-order valence-electron chi connectivity index (χ3n) is 7.86. The van der Waals surface area contributed by atoms with Gasteiger partial charge >= 0.3 is 51.4 Å². The molecule has 0 N–H and O–H groups in total. The zero-order chi connectivity index (χ0) is 21.4. The SMILES string of the molecule is O=C([O-])c1nc2ccccc2n(C2C[C@H]3CCC[C@@H](C2)N3C2CCCCCCC2)c1=O.[K+]. The molecule has 0 spiro atoms. The van der Waals surface area contributed by atoms with Gasteiger partial charge in [0.1, 0.15) is 0 Å². The first kappa shape index (κ1) is 24.5. The first-order valence-corrected chi connectivity index (χ1v) is 12.1. The van der Waals surface area contributed by atoms with E-state index in [1.807, 2.05) is 18.2 Å². The number of hydrogen-bond acceptors (Lipinski definition) is 5. The molecule has 0 amide bonds. The molecule has 1 aromatic carbocycles. The minimum absolute atomic E-state index is 0. The van der Waals surface area contributed by atoms with Crippen molar-refractivity contribution in [2.24, 2.45) is 0 Å². The van der Waals surface area contributed by atoms with Gasteiger partial charge in [0.05, 0.1) is 17.0 Å². The van der Waals surface area contributed by atoms with Crippen molar-refractivity contribution < 1.29 is 61.3 Å². The summed E-state index contributed by atoms with van der Waals surface area (Å²) in [7, 11) is 0. The molecule has 3 atom stereocenters. The van der Waals surface area contributed by atoms with Crippen LogP contribution >= 0.6 is 0 Å². The minimum Gasteiger partial charge on any atom is -0.543 e. The summed E-state index contributed by atoms with van der Waals surface area (Å²) >= 11 is 0. The Kier molecular flexibility index (Phi) is 8.27. The van der Waals surface area contributed by atoms with Gasteiger partial charge in [-0.05, 0) is 50.7 Å². The zero-order valence-corrected chi connectivity index (χ0v) is 22.3. The summed E-state index contributed by atoms with van der Waals surface area (Å²) < 4.78 is 1.73. The maximum absolute atomic E-state index is 13.2. The number of aromatic nitrogens is 2. The molecule has 2 aliphatic heterocycles. The molecule has 0 radical (unpaired) electrons. The average molecular weight is 462 g/mol. The molecule has 1 aromatic heterocycles. The standard InChI is InChI=1S/C25H33N3O3.K/c29-24-23(25(30)31)26-21-13-6-7-14-22(21)28(24)20-15-18-11-8-12-19(16-20)27(18)17-9-4-2-1-3-5-10-17;/h6-7,13-14,17-20H,1-5,8-12,15-16H2,(H,30,31);/q;+1/p-1/t18-,19+,20?;. The summed E-state index contributed by atoms with van der Waals surface area (Å²) in [4.78, 5) is 31.7. The summed E-state index contributed by atoms with van der Waals surface area (Å²) in [5.74, 6) is -1.49. The summed E-state index contributed by atoms with van der Waals surface area (Å²) in [5.41, 5.74) is 0.307. The molecular weight excluding hydrogens is 429 g/mol. The van der Waals surface area contributed by atoms with Crippen LogP contribution in [0, 0.1) is 0 Å². The molecule has 2 aromatic rings. The molecular formula is C25H32KN3O3. The van der Waals surface area contributed by atoms with Crippen molar-refractivity contribution in [3.8, 4) is 0 Å². The normalized spacial score (nSPS) is 27.3. The largest absolute Gasteiger partial charge is 1.00 e. The van der Waals surface area contributed by atoms with Crippen molar-refractivity contribution in [2.75, 3.05) is 0 Å². The Morgan fingerprint density at radius 3 is 2.09 bits per heavy atom. The number of aromatic carboxylic acids is 1. The van der Waals surface area contributed by atoms with Crippen LogP contribution in [0.4, 0.5) is 0 Å². The molecule has 2 bridgehead atoms. The molecule has 3 aliphatic rings. The Bertz CT molecular complexity index is 1000. The molecule has 3 fully saturated rings. The van der Waals surface area contributed by atoms with Crippen molar-refractivity contribution in [3.63, 3.8) is 0 Å². The van der Waals surface area contributed by atoms with E-state index < -0.39 is 17.2 Å². The maximum atomic E-state index is 13.2. The maximum Gasteiger partial charge on any atom is 1.00 e. The van der Waals surface area contributed by atoms with Crippen LogP contribution < -0.4 is 62.1 Å². The third-order valence-corrected chi connectivity index (χ3v) is 7.86. The van der Waals surface area contributed by atoms with Gasteiger partial charge in [-0.1, -0.05) is 50.7 Å². The molecule has 1 aliphatic carbocycles. The predicted octanol–water partition coefficient (Wildman–Crippen LogP) is 0.435. The molecule has 2 saturated heterocycles. The van der Waals surface area contributed by atoms with Crippen LogP contribution in [0.2, 0.25) is 0 Å². The van der Waals surface area contributed by atoms with E-state index in [1.165, 1.54) is 64.2 Å². The van der Waals surface area contributed by atoms with Crippen molar-refractivity contribution >= 4 is 17.0 Å². The minimum atomic E-state index is -1.49. The van der Waals surface area contributed by atoms with E-state index >= 15 is 0 Å².